The number of rotatable bonds is 4. The summed E-state index contributed by atoms with van der Waals surface area (Å²) in [5.74, 6) is 2.16. The molecule has 2 heterocycles. The van der Waals surface area contributed by atoms with Gasteiger partial charge in [-0.15, -0.1) is 5.10 Å². The van der Waals surface area contributed by atoms with Crippen molar-refractivity contribution >= 4 is 17.5 Å². The van der Waals surface area contributed by atoms with Crippen LogP contribution in [-0.4, -0.2) is 34.8 Å². The van der Waals surface area contributed by atoms with Crippen molar-refractivity contribution in [2.75, 3.05) is 24.5 Å². The zero-order valence-corrected chi connectivity index (χ0v) is 12.7. The molecular formula is C15H20ClN5. The Balaban J connectivity index is 1.70. The van der Waals surface area contributed by atoms with E-state index in [0.717, 1.165) is 48.4 Å². The highest BCUT2D eigenvalue weighted by molar-refractivity contribution is 6.31. The second kappa shape index (κ2) is 6.45. The Morgan fingerprint density at radius 1 is 1.38 bits per heavy atom. The van der Waals surface area contributed by atoms with Crippen molar-refractivity contribution in [3.05, 3.63) is 40.7 Å². The maximum Gasteiger partial charge on any atom is 0.244 e. The fraction of sp³-hybridized carbons (Fsp3) is 0.467. The average Bonchev–Trinajstić information content (AvgIpc) is 2.98. The highest BCUT2D eigenvalue weighted by Gasteiger charge is 2.21. The smallest absolute Gasteiger partial charge is 0.244 e. The lowest BCUT2D eigenvalue weighted by Crippen LogP contribution is -2.39. The molecule has 0 spiro atoms. The van der Waals surface area contributed by atoms with Crippen LogP contribution in [0.1, 0.15) is 24.2 Å². The van der Waals surface area contributed by atoms with E-state index in [4.69, 9.17) is 17.3 Å². The van der Waals surface area contributed by atoms with E-state index >= 15 is 0 Å². The molecule has 112 valence electrons. The van der Waals surface area contributed by atoms with Crippen LogP contribution >= 0.6 is 11.6 Å². The molecule has 1 aromatic carbocycles. The number of piperidine rings is 1. The minimum absolute atomic E-state index is 0.546. The first-order chi connectivity index (χ1) is 10.3. The van der Waals surface area contributed by atoms with Gasteiger partial charge in [0, 0.05) is 24.5 Å². The SMILES string of the molecule is NCC1CCCN(c2n[nH]c(Cc3ccccc3Cl)n2)C1. The van der Waals surface area contributed by atoms with E-state index in [0.29, 0.717) is 12.3 Å². The Labute approximate surface area is 129 Å². The quantitative estimate of drug-likeness (QED) is 0.908. The molecule has 0 aliphatic carbocycles. The van der Waals surface area contributed by atoms with E-state index in [-0.39, 0.29) is 0 Å². The molecule has 1 aromatic heterocycles. The Kier molecular flexibility index (Phi) is 4.41. The second-order valence-corrected chi connectivity index (χ2v) is 5.95. The number of anilines is 1. The van der Waals surface area contributed by atoms with Crippen molar-refractivity contribution in [1.82, 2.24) is 15.2 Å². The zero-order valence-electron chi connectivity index (χ0n) is 11.9. The first kappa shape index (κ1) is 14.4. The van der Waals surface area contributed by atoms with E-state index in [1.165, 1.54) is 6.42 Å². The summed E-state index contributed by atoms with van der Waals surface area (Å²) in [7, 11) is 0. The van der Waals surface area contributed by atoms with Crippen molar-refractivity contribution in [2.24, 2.45) is 11.7 Å². The van der Waals surface area contributed by atoms with Gasteiger partial charge < -0.3 is 10.6 Å². The molecule has 0 amide bonds. The molecule has 2 aromatic rings. The lowest BCUT2D eigenvalue weighted by atomic mass is 9.99. The standard InChI is InChI=1S/C15H20ClN5/c16-13-6-2-1-5-12(13)8-14-18-15(20-19-14)21-7-3-4-11(9-17)10-21/h1-2,5-6,11H,3-4,7-10,17H2,(H,18,19,20). The number of nitrogens with two attached hydrogens (primary N) is 1. The molecule has 6 heteroatoms. The predicted octanol–water partition coefficient (Wildman–Crippen LogP) is 2.22. The molecule has 1 saturated heterocycles. The number of aromatic amines is 1. The Bertz CT molecular complexity index is 597. The first-order valence-electron chi connectivity index (χ1n) is 7.36. The molecule has 3 N–H and O–H groups in total. The van der Waals surface area contributed by atoms with Gasteiger partial charge in [0.2, 0.25) is 5.95 Å². The molecule has 1 unspecified atom stereocenters. The molecule has 0 radical (unpaired) electrons. The van der Waals surface area contributed by atoms with Crippen molar-refractivity contribution in [2.45, 2.75) is 19.3 Å². The normalized spacial score (nSPS) is 19.0. The Hall–Kier alpha value is -1.59. The average molecular weight is 306 g/mol. The number of benzene rings is 1. The fourth-order valence-corrected chi connectivity index (χ4v) is 2.97. The summed E-state index contributed by atoms with van der Waals surface area (Å²) in [6.45, 7) is 2.67. The van der Waals surface area contributed by atoms with E-state index in [1.807, 2.05) is 24.3 Å². The van der Waals surface area contributed by atoms with Crippen LogP contribution in [0.2, 0.25) is 5.02 Å². The number of hydrogen-bond acceptors (Lipinski definition) is 4. The van der Waals surface area contributed by atoms with Gasteiger partial charge in [-0.05, 0) is 36.9 Å². The van der Waals surface area contributed by atoms with Gasteiger partial charge in [-0.25, -0.2) is 0 Å². The first-order valence-corrected chi connectivity index (χ1v) is 7.73. The number of H-pyrrole nitrogens is 1. The Morgan fingerprint density at radius 2 is 2.24 bits per heavy atom. The predicted molar refractivity (Wildman–Crippen MR) is 84.6 cm³/mol. The molecule has 0 saturated carbocycles. The summed E-state index contributed by atoms with van der Waals surface area (Å²) in [5, 5.41) is 8.12. The highest BCUT2D eigenvalue weighted by Crippen LogP contribution is 2.21. The van der Waals surface area contributed by atoms with E-state index in [2.05, 4.69) is 20.1 Å². The summed E-state index contributed by atoms with van der Waals surface area (Å²) in [6, 6.07) is 7.81. The van der Waals surface area contributed by atoms with Crippen LogP contribution in [0.5, 0.6) is 0 Å². The van der Waals surface area contributed by atoms with Gasteiger partial charge in [0.1, 0.15) is 5.82 Å². The molecule has 21 heavy (non-hydrogen) atoms. The molecule has 1 fully saturated rings. The van der Waals surface area contributed by atoms with Crippen LogP contribution < -0.4 is 10.6 Å². The zero-order chi connectivity index (χ0) is 14.7. The minimum Gasteiger partial charge on any atom is -0.339 e. The van der Waals surface area contributed by atoms with Gasteiger partial charge in [-0.2, -0.15) is 4.98 Å². The van der Waals surface area contributed by atoms with E-state index < -0.39 is 0 Å². The third kappa shape index (κ3) is 3.36. The summed E-state index contributed by atoms with van der Waals surface area (Å²) < 4.78 is 0. The van der Waals surface area contributed by atoms with Crippen LogP contribution in [0.3, 0.4) is 0 Å². The maximum absolute atomic E-state index is 6.18. The van der Waals surface area contributed by atoms with Gasteiger partial charge in [0.25, 0.3) is 0 Å². The summed E-state index contributed by atoms with van der Waals surface area (Å²) in [6.07, 6.45) is 3.01. The number of nitrogens with one attached hydrogen (secondary N) is 1. The van der Waals surface area contributed by atoms with Crippen LogP contribution in [0, 0.1) is 5.92 Å². The maximum atomic E-state index is 6.18. The molecule has 1 aliphatic heterocycles. The largest absolute Gasteiger partial charge is 0.339 e. The number of hydrogen-bond donors (Lipinski definition) is 2. The van der Waals surface area contributed by atoms with Gasteiger partial charge in [0.05, 0.1) is 0 Å². The van der Waals surface area contributed by atoms with Crippen LogP contribution in [0.4, 0.5) is 5.95 Å². The van der Waals surface area contributed by atoms with Crippen LogP contribution in [0.15, 0.2) is 24.3 Å². The van der Waals surface area contributed by atoms with Crippen molar-refractivity contribution in [3.8, 4) is 0 Å². The molecule has 0 bridgehead atoms. The highest BCUT2D eigenvalue weighted by atomic mass is 35.5. The fourth-order valence-electron chi connectivity index (χ4n) is 2.77. The van der Waals surface area contributed by atoms with Crippen LogP contribution in [-0.2, 0) is 6.42 Å². The third-order valence-electron chi connectivity index (χ3n) is 3.97. The molecule has 5 nitrogen and oxygen atoms in total. The van der Waals surface area contributed by atoms with Gasteiger partial charge in [-0.1, -0.05) is 29.8 Å². The molecular weight excluding hydrogens is 286 g/mol. The minimum atomic E-state index is 0.546. The lowest BCUT2D eigenvalue weighted by Gasteiger charge is -2.31. The number of nitrogens with zero attached hydrogens (tertiary/aromatic N) is 3. The lowest BCUT2D eigenvalue weighted by molar-refractivity contribution is 0.420. The van der Waals surface area contributed by atoms with E-state index in [1.54, 1.807) is 0 Å². The molecule has 3 rings (SSSR count). The molecule has 1 atom stereocenters. The van der Waals surface area contributed by atoms with Gasteiger partial charge >= 0.3 is 0 Å². The topological polar surface area (TPSA) is 70.8 Å². The Morgan fingerprint density at radius 3 is 3.05 bits per heavy atom. The van der Waals surface area contributed by atoms with Gasteiger partial charge in [0.15, 0.2) is 0 Å². The van der Waals surface area contributed by atoms with Crippen LogP contribution in [0.25, 0.3) is 0 Å². The van der Waals surface area contributed by atoms with Crippen molar-refractivity contribution in [1.29, 1.82) is 0 Å². The molecule has 1 aliphatic rings. The van der Waals surface area contributed by atoms with Gasteiger partial charge in [-0.3, -0.25) is 5.10 Å². The number of aromatic nitrogens is 3. The van der Waals surface area contributed by atoms with Crippen molar-refractivity contribution in [3.63, 3.8) is 0 Å². The third-order valence-corrected chi connectivity index (χ3v) is 4.34. The summed E-state index contributed by atoms with van der Waals surface area (Å²) in [5.41, 5.74) is 6.83. The van der Waals surface area contributed by atoms with Crippen molar-refractivity contribution < 1.29 is 0 Å². The monoisotopic (exact) mass is 305 g/mol. The van der Waals surface area contributed by atoms with E-state index in [9.17, 15) is 0 Å². The summed E-state index contributed by atoms with van der Waals surface area (Å²) in [4.78, 5) is 6.81. The second-order valence-electron chi connectivity index (χ2n) is 5.54. The summed E-state index contributed by atoms with van der Waals surface area (Å²) >= 11 is 6.18. The number of halogens is 1.